The first kappa shape index (κ1) is 34.2. The molecule has 0 radical (unpaired) electrons. The van der Waals surface area contributed by atoms with Gasteiger partial charge in [-0.3, -0.25) is 14.6 Å². The Morgan fingerprint density at radius 2 is 1.79 bits per heavy atom. The number of pyridine rings is 1. The lowest BCUT2D eigenvalue weighted by Gasteiger charge is -2.36. The van der Waals surface area contributed by atoms with E-state index in [9.17, 15) is 24.3 Å². The molecule has 14 nitrogen and oxygen atoms in total. The molecule has 5 rings (SSSR count). The molecule has 2 aromatic heterocycles. The van der Waals surface area contributed by atoms with E-state index in [1.807, 2.05) is 36.4 Å². The van der Waals surface area contributed by atoms with Crippen molar-refractivity contribution in [1.29, 1.82) is 0 Å². The zero-order valence-corrected chi connectivity index (χ0v) is 28.0. The van der Waals surface area contributed by atoms with Crippen LogP contribution >= 0.6 is 0 Å². The Balaban J connectivity index is 1.44. The molecule has 0 spiro atoms. The molecule has 14 heteroatoms. The van der Waals surface area contributed by atoms with Gasteiger partial charge in [-0.1, -0.05) is 51.1 Å². The second-order valence-corrected chi connectivity index (χ2v) is 14.4. The number of alkyl carbamates (subject to hydrolysis) is 1. The van der Waals surface area contributed by atoms with Crippen molar-refractivity contribution in [2.45, 2.75) is 83.6 Å². The highest BCUT2D eigenvalue weighted by Gasteiger charge is 2.61. The summed E-state index contributed by atoms with van der Waals surface area (Å²) in [6.07, 6.45) is 4.46. The van der Waals surface area contributed by atoms with Crippen LogP contribution in [-0.4, -0.2) is 88.8 Å². The average Bonchev–Trinajstić information content (AvgIpc) is 3.32. The molecular formula is C34H42N8O6. The van der Waals surface area contributed by atoms with E-state index < -0.39 is 64.5 Å². The molecule has 254 valence electrons. The normalized spacial score (nSPS) is 22.8. The molecule has 3 amide bonds. The Bertz CT molecular complexity index is 1710. The number of aromatic nitrogens is 5. The van der Waals surface area contributed by atoms with Crippen molar-refractivity contribution in [1.82, 2.24) is 40.7 Å². The number of hydrogen-bond donors (Lipinski definition) is 3. The van der Waals surface area contributed by atoms with Crippen LogP contribution in [0.2, 0.25) is 0 Å². The smallest absolute Gasteiger partial charge is 0.408 e. The molecule has 3 heterocycles. The molecule has 1 aliphatic carbocycles. The predicted molar refractivity (Wildman–Crippen MR) is 175 cm³/mol. The van der Waals surface area contributed by atoms with Gasteiger partial charge in [0.15, 0.2) is 0 Å². The maximum absolute atomic E-state index is 14.3. The van der Waals surface area contributed by atoms with Crippen molar-refractivity contribution in [3.05, 3.63) is 61.4 Å². The van der Waals surface area contributed by atoms with Gasteiger partial charge in [0, 0.05) is 42.4 Å². The summed E-state index contributed by atoms with van der Waals surface area (Å²) in [5.74, 6) is -2.43. The highest BCUT2D eigenvalue weighted by molar-refractivity contribution is 5.96. The Kier molecular flexibility index (Phi) is 9.13. The summed E-state index contributed by atoms with van der Waals surface area (Å²) in [5, 5.41) is 28.5. The monoisotopic (exact) mass is 658 g/mol. The molecule has 1 aromatic carbocycles. The van der Waals surface area contributed by atoms with Crippen molar-refractivity contribution in [3.63, 3.8) is 0 Å². The lowest BCUT2D eigenvalue weighted by Crippen LogP contribution is -2.59. The van der Waals surface area contributed by atoms with E-state index in [-0.39, 0.29) is 19.4 Å². The van der Waals surface area contributed by atoms with E-state index in [2.05, 4.69) is 37.6 Å². The lowest BCUT2D eigenvalue weighted by molar-refractivity contribution is -0.146. The van der Waals surface area contributed by atoms with Gasteiger partial charge in [0.05, 0.1) is 6.04 Å². The highest BCUT2D eigenvalue weighted by atomic mass is 16.6. The average molecular weight is 659 g/mol. The molecule has 2 fully saturated rings. The number of hydrogen-bond acceptors (Lipinski definition) is 9. The van der Waals surface area contributed by atoms with Crippen molar-refractivity contribution in [2.24, 2.45) is 11.3 Å². The van der Waals surface area contributed by atoms with Gasteiger partial charge in [-0.25, -0.2) is 9.59 Å². The largest absolute Gasteiger partial charge is 0.479 e. The number of tetrazole rings is 1. The number of amides is 3. The summed E-state index contributed by atoms with van der Waals surface area (Å²) in [6, 6.07) is 8.67. The number of likely N-dealkylation sites (tertiary alicyclic amines) is 1. The molecule has 1 saturated carbocycles. The van der Waals surface area contributed by atoms with E-state index >= 15 is 0 Å². The van der Waals surface area contributed by atoms with E-state index in [4.69, 9.17) is 4.74 Å². The molecule has 3 aromatic rings. The van der Waals surface area contributed by atoms with Crippen LogP contribution in [0, 0.1) is 11.3 Å². The quantitative estimate of drug-likeness (QED) is 0.287. The first-order chi connectivity index (χ1) is 22.5. The van der Waals surface area contributed by atoms with Crippen molar-refractivity contribution >= 4 is 23.9 Å². The maximum Gasteiger partial charge on any atom is 0.408 e. The minimum atomic E-state index is -1.50. The maximum atomic E-state index is 14.3. The Morgan fingerprint density at radius 3 is 2.40 bits per heavy atom. The fourth-order valence-electron chi connectivity index (χ4n) is 5.90. The SMILES string of the molecule is C=CC1CC1(NC(=O)C1CC(n2nnc(-c3cccc(-c4cccnc4)c3)n2)CN1C(=O)C(NC(=O)OC(C)(C)C)C(C)(C)C)C(=O)O. The van der Waals surface area contributed by atoms with Crippen LogP contribution in [0.5, 0.6) is 0 Å². The standard InChI is InChI=1S/C34H42N8O6/c1-8-23-17-34(23,30(45)46)37-28(43)25-16-24(19-41(25)29(44)26(32(2,3)4)36-31(47)48-33(5,6)7)42-39-27(38-40-42)21-12-9-11-20(15-21)22-13-10-14-35-18-22/h8-15,18,23-26H,1,16-17,19H2,2-7H3,(H,36,47)(H,37,43)(H,45,46). The topological polar surface area (TPSA) is 182 Å². The van der Waals surface area contributed by atoms with E-state index in [0.717, 1.165) is 11.1 Å². The molecule has 1 aliphatic heterocycles. The van der Waals surface area contributed by atoms with Crippen LogP contribution in [0.25, 0.3) is 22.5 Å². The highest BCUT2D eigenvalue weighted by Crippen LogP contribution is 2.45. The second kappa shape index (κ2) is 12.8. The molecule has 0 bridgehead atoms. The summed E-state index contributed by atoms with van der Waals surface area (Å²) in [4.78, 5) is 60.1. The zero-order valence-electron chi connectivity index (χ0n) is 28.0. The van der Waals surface area contributed by atoms with Gasteiger partial charge in [0.25, 0.3) is 0 Å². The van der Waals surface area contributed by atoms with Crippen molar-refractivity contribution in [2.75, 3.05) is 6.54 Å². The number of aliphatic carboxylic acids is 1. The van der Waals surface area contributed by atoms with Gasteiger partial charge in [0.1, 0.15) is 23.2 Å². The van der Waals surface area contributed by atoms with E-state index in [1.165, 1.54) is 15.8 Å². The third-order valence-corrected chi connectivity index (χ3v) is 8.54. The molecule has 5 unspecified atom stereocenters. The number of carboxylic acids is 1. The number of nitrogens with one attached hydrogen (secondary N) is 2. The number of carbonyl (C=O) groups excluding carboxylic acids is 3. The summed E-state index contributed by atoms with van der Waals surface area (Å²) in [7, 11) is 0. The lowest BCUT2D eigenvalue weighted by atomic mass is 9.85. The van der Waals surface area contributed by atoms with Crippen LogP contribution in [0.4, 0.5) is 4.79 Å². The third-order valence-electron chi connectivity index (χ3n) is 8.54. The predicted octanol–water partition coefficient (Wildman–Crippen LogP) is 3.63. The van der Waals surface area contributed by atoms with Crippen LogP contribution in [-0.2, 0) is 19.1 Å². The van der Waals surface area contributed by atoms with Crippen LogP contribution < -0.4 is 10.6 Å². The number of ether oxygens (including phenoxy) is 1. The Hall–Kier alpha value is -5.14. The van der Waals surface area contributed by atoms with E-state index in [1.54, 1.807) is 53.9 Å². The van der Waals surface area contributed by atoms with Crippen LogP contribution in [0.3, 0.4) is 0 Å². The Labute approximate surface area is 278 Å². The first-order valence-electron chi connectivity index (χ1n) is 15.8. The summed E-state index contributed by atoms with van der Waals surface area (Å²) < 4.78 is 5.44. The van der Waals surface area contributed by atoms with Crippen molar-refractivity contribution < 1.29 is 29.0 Å². The number of nitrogens with zero attached hydrogens (tertiary/aromatic N) is 6. The van der Waals surface area contributed by atoms with Gasteiger partial charge in [-0.2, -0.15) is 4.80 Å². The van der Waals surface area contributed by atoms with Crippen LogP contribution in [0.1, 0.15) is 60.4 Å². The molecule has 2 aliphatic rings. The number of rotatable bonds is 9. The number of carbonyl (C=O) groups is 4. The van der Waals surface area contributed by atoms with Gasteiger partial charge in [0.2, 0.25) is 17.6 Å². The number of benzene rings is 1. The van der Waals surface area contributed by atoms with Gasteiger partial charge < -0.3 is 25.4 Å². The Morgan fingerprint density at radius 1 is 1.08 bits per heavy atom. The van der Waals surface area contributed by atoms with Crippen molar-refractivity contribution in [3.8, 4) is 22.5 Å². The summed E-state index contributed by atoms with van der Waals surface area (Å²) >= 11 is 0. The van der Waals surface area contributed by atoms with Gasteiger partial charge in [-0.05, 0) is 55.5 Å². The van der Waals surface area contributed by atoms with E-state index in [0.29, 0.717) is 11.4 Å². The first-order valence-corrected chi connectivity index (χ1v) is 15.8. The molecular weight excluding hydrogens is 616 g/mol. The summed E-state index contributed by atoms with van der Waals surface area (Å²) in [5.41, 5.74) is -0.527. The van der Waals surface area contributed by atoms with Crippen LogP contribution in [0.15, 0.2) is 61.4 Å². The van der Waals surface area contributed by atoms with Gasteiger partial charge in [-0.15, -0.1) is 16.8 Å². The molecule has 5 atom stereocenters. The molecule has 3 N–H and O–H groups in total. The number of carboxylic acid groups (broad SMARTS) is 1. The fourth-order valence-corrected chi connectivity index (χ4v) is 5.90. The van der Waals surface area contributed by atoms with Gasteiger partial charge >= 0.3 is 12.1 Å². The minimum absolute atomic E-state index is 0.00990. The molecule has 1 saturated heterocycles. The summed E-state index contributed by atoms with van der Waals surface area (Å²) in [6.45, 7) is 14.2. The minimum Gasteiger partial charge on any atom is -0.479 e. The fraction of sp³-hybridized carbons (Fsp3) is 0.471. The zero-order chi connectivity index (χ0) is 35.0. The second-order valence-electron chi connectivity index (χ2n) is 14.4. The third kappa shape index (κ3) is 7.21. The molecule has 48 heavy (non-hydrogen) atoms.